The number of halogens is 3. The summed E-state index contributed by atoms with van der Waals surface area (Å²) in [6.07, 6.45) is 2.71. The quantitative estimate of drug-likeness (QED) is 0.424. The van der Waals surface area contributed by atoms with E-state index < -0.39 is 17.6 Å². The van der Waals surface area contributed by atoms with E-state index in [9.17, 15) is 13.2 Å². The number of nitrogens with zero attached hydrogens (tertiary/aromatic N) is 6. The van der Waals surface area contributed by atoms with E-state index in [1.807, 2.05) is 6.92 Å². The fourth-order valence-electron chi connectivity index (χ4n) is 5.83. The van der Waals surface area contributed by atoms with Crippen molar-refractivity contribution in [3.05, 3.63) is 42.0 Å². The summed E-state index contributed by atoms with van der Waals surface area (Å²) < 4.78 is 48.1. The fourth-order valence-corrected chi connectivity index (χ4v) is 5.83. The summed E-state index contributed by atoms with van der Waals surface area (Å²) >= 11 is 0. The SMILES string of the molecule is Cc1nc2cnc3ccc(-c4cnc(N)c(C(F)(F)F)c4)nc3c2n1C1CCC(N2CCOCC2)CC1. The predicted octanol–water partition coefficient (Wildman–Crippen LogP) is 4.77. The maximum atomic E-state index is 13.4. The molecule has 1 aliphatic carbocycles. The van der Waals surface area contributed by atoms with Crippen LogP contribution < -0.4 is 5.73 Å². The highest BCUT2D eigenvalue weighted by atomic mass is 19.4. The number of nitrogens with two attached hydrogens (primary N) is 1. The lowest BCUT2D eigenvalue weighted by molar-refractivity contribution is -0.137. The highest BCUT2D eigenvalue weighted by Crippen LogP contribution is 2.38. The van der Waals surface area contributed by atoms with Crippen LogP contribution in [0.4, 0.5) is 19.0 Å². The normalized spacial score (nSPS) is 21.6. The molecule has 11 heteroatoms. The lowest BCUT2D eigenvalue weighted by Gasteiger charge is -2.39. The van der Waals surface area contributed by atoms with Crippen LogP contribution in [0.15, 0.2) is 30.6 Å². The Morgan fingerprint density at radius 2 is 1.68 bits per heavy atom. The van der Waals surface area contributed by atoms with Crippen LogP contribution in [0.1, 0.15) is 43.1 Å². The number of alkyl halides is 3. The van der Waals surface area contributed by atoms with Crippen LogP contribution in [-0.4, -0.2) is 61.7 Å². The second kappa shape index (κ2) is 9.21. The summed E-state index contributed by atoms with van der Waals surface area (Å²) in [7, 11) is 0. The zero-order valence-corrected chi connectivity index (χ0v) is 20.5. The van der Waals surface area contributed by atoms with Crippen molar-refractivity contribution in [3.63, 3.8) is 0 Å². The smallest absolute Gasteiger partial charge is 0.383 e. The molecule has 0 radical (unpaired) electrons. The number of aryl methyl sites for hydroxylation is 1. The van der Waals surface area contributed by atoms with Crippen molar-refractivity contribution in [1.29, 1.82) is 0 Å². The summed E-state index contributed by atoms with van der Waals surface area (Å²) in [6.45, 7) is 5.56. The van der Waals surface area contributed by atoms with E-state index >= 15 is 0 Å². The average Bonchev–Trinajstić information content (AvgIpc) is 3.25. The molecule has 194 valence electrons. The third-order valence-electron chi connectivity index (χ3n) is 7.65. The van der Waals surface area contributed by atoms with Gasteiger partial charge in [-0.05, 0) is 50.8 Å². The predicted molar refractivity (Wildman–Crippen MR) is 134 cm³/mol. The number of anilines is 1. The summed E-state index contributed by atoms with van der Waals surface area (Å²) in [5.41, 5.74) is 8.04. The molecular formula is C26H28F3N7O. The monoisotopic (exact) mass is 511 g/mol. The average molecular weight is 512 g/mol. The Balaban J connectivity index is 1.38. The highest BCUT2D eigenvalue weighted by Gasteiger charge is 2.34. The van der Waals surface area contributed by atoms with Gasteiger partial charge in [0.25, 0.3) is 0 Å². The lowest BCUT2D eigenvalue weighted by Crippen LogP contribution is -2.45. The van der Waals surface area contributed by atoms with Gasteiger partial charge in [0.1, 0.15) is 22.7 Å². The molecule has 0 amide bonds. The van der Waals surface area contributed by atoms with E-state index in [1.54, 1.807) is 18.3 Å². The molecule has 0 atom stereocenters. The minimum atomic E-state index is -4.60. The second-order valence-corrected chi connectivity index (χ2v) is 9.85. The Kier molecular flexibility index (Phi) is 5.99. The Bertz CT molecular complexity index is 1450. The van der Waals surface area contributed by atoms with Crippen molar-refractivity contribution in [1.82, 2.24) is 29.4 Å². The Morgan fingerprint density at radius 3 is 2.41 bits per heavy atom. The molecule has 0 aromatic carbocycles. The number of hydrogen-bond donors (Lipinski definition) is 1. The van der Waals surface area contributed by atoms with E-state index in [0.29, 0.717) is 22.8 Å². The van der Waals surface area contributed by atoms with Crippen LogP contribution in [0.5, 0.6) is 0 Å². The van der Waals surface area contributed by atoms with Crippen molar-refractivity contribution in [2.24, 2.45) is 0 Å². The van der Waals surface area contributed by atoms with Crippen LogP contribution in [0.25, 0.3) is 33.3 Å². The van der Waals surface area contributed by atoms with Crippen LogP contribution in [0, 0.1) is 6.92 Å². The van der Waals surface area contributed by atoms with Crippen molar-refractivity contribution < 1.29 is 17.9 Å². The first-order chi connectivity index (χ1) is 17.8. The summed E-state index contributed by atoms with van der Waals surface area (Å²) in [5.74, 6) is 0.335. The molecule has 0 spiro atoms. The first kappa shape index (κ1) is 24.1. The van der Waals surface area contributed by atoms with Crippen molar-refractivity contribution in [3.8, 4) is 11.3 Å². The Labute approximate surface area is 211 Å². The maximum Gasteiger partial charge on any atom is 0.419 e. The topological polar surface area (TPSA) is 95.0 Å². The first-order valence-corrected chi connectivity index (χ1v) is 12.6. The van der Waals surface area contributed by atoms with Gasteiger partial charge in [-0.1, -0.05) is 0 Å². The first-order valence-electron chi connectivity index (χ1n) is 12.6. The van der Waals surface area contributed by atoms with Gasteiger partial charge in [-0.2, -0.15) is 13.2 Å². The molecule has 1 saturated heterocycles. The summed E-state index contributed by atoms with van der Waals surface area (Å²) in [5, 5.41) is 0. The molecule has 8 nitrogen and oxygen atoms in total. The van der Waals surface area contributed by atoms with Gasteiger partial charge >= 0.3 is 6.18 Å². The molecule has 1 saturated carbocycles. The lowest BCUT2D eigenvalue weighted by atomic mass is 9.89. The Morgan fingerprint density at radius 1 is 0.946 bits per heavy atom. The number of ether oxygens (including phenoxy) is 1. The molecule has 0 bridgehead atoms. The largest absolute Gasteiger partial charge is 0.419 e. The van der Waals surface area contributed by atoms with Crippen LogP contribution in [0.2, 0.25) is 0 Å². The van der Waals surface area contributed by atoms with E-state index in [1.165, 1.54) is 6.20 Å². The molecule has 0 unspecified atom stereocenters. The van der Waals surface area contributed by atoms with E-state index in [0.717, 1.165) is 74.9 Å². The molecular weight excluding hydrogens is 483 g/mol. The molecule has 6 rings (SSSR count). The molecule has 5 heterocycles. The molecule has 2 aliphatic rings. The Hall–Kier alpha value is -3.31. The highest BCUT2D eigenvalue weighted by molar-refractivity contribution is 6.00. The van der Waals surface area contributed by atoms with Crippen LogP contribution in [0.3, 0.4) is 0 Å². The zero-order valence-electron chi connectivity index (χ0n) is 20.5. The summed E-state index contributed by atoms with van der Waals surface area (Å²) in [6, 6.07) is 5.28. The minimum absolute atomic E-state index is 0.245. The molecule has 4 aromatic rings. The number of rotatable bonds is 3. The van der Waals surface area contributed by atoms with Crippen molar-refractivity contribution in [2.45, 2.75) is 50.9 Å². The number of aromatic nitrogens is 5. The van der Waals surface area contributed by atoms with Gasteiger partial charge < -0.3 is 15.0 Å². The summed E-state index contributed by atoms with van der Waals surface area (Å²) in [4.78, 5) is 20.4. The molecule has 4 aromatic heterocycles. The van der Waals surface area contributed by atoms with Gasteiger partial charge in [-0.3, -0.25) is 9.88 Å². The van der Waals surface area contributed by atoms with E-state index in [4.69, 9.17) is 20.4 Å². The number of pyridine rings is 3. The van der Waals surface area contributed by atoms with Crippen molar-refractivity contribution in [2.75, 3.05) is 32.0 Å². The number of nitrogen functional groups attached to an aromatic ring is 1. The maximum absolute atomic E-state index is 13.4. The van der Waals surface area contributed by atoms with Gasteiger partial charge in [-0.25, -0.2) is 15.0 Å². The van der Waals surface area contributed by atoms with Gasteiger partial charge in [0, 0.05) is 36.9 Å². The molecule has 2 fully saturated rings. The number of hydrogen-bond acceptors (Lipinski definition) is 7. The van der Waals surface area contributed by atoms with Gasteiger partial charge in [-0.15, -0.1) is 0 Å². The third kappa shape index (κ3) is 4.40. The third-order valence-corrected chi connectivity index (χ3v) is 7.65. The van der Waals surface area contributed by atoms with E-state index in [2.05, 4.69) is 19.4 Å². The number of fused-ring (bicyclic) bond motifs is 3. The van der Waals surface area contributed by atoms with Crippen molar-refractivity contribution >= 4 is 27.9 Å². The standard InChI is InChI=1S/C26H28F3N7O/c1-15-33-22-14-31-21-7-6-20(16-12-19(26(27,28)29)25(30)32-13-16)34-23(21)24(22)36(15)18-4-2-17(3-5-18)35-8-10-37-11-9-35/h6-7,12-14,17-18H,2-5,8-11H2,1H3,(H2,30,32). The zero-order chi connectivity index (χ0) is 25.7. The van der Waals surface area contributed by atoms with Gasteiger partial charge in [0.2, 0.25) is 0 Å². The number of morpholine rings is 1. The minimum Gasteiger partial charge on any atom is -0.383 e. The number of imidazole rings is 1. The van der Waals surface area contributed by atoms with Gasteiger partial charge in [0.05, 0.1) is 41.7 Å². The second-order valence-electron chi connectivity index (χ2n) is 9.85. The molecule has 1 aliphatic heterocycles. The van der Waals surface area contributed by atoms with Crippen LogP contribution in [-0.2, 0) is 10.9 Å². The fraction of sp³-hybridized carbons (Fsp3) is 0.462. The van der Waals surface area contributed by atoms with E-state index in [-0.39, 0.29) is 11.6 Å². The van der Waals surface area contributed by atoms with Gasteiger partial charge in [0.15, 0.2) is 0 Å². The molecule has 2 N–H and O–H groups in total. The van der Waals surface area contributed by atoms with Crippen LogP contribution >= 0.6 is 0 Å². The molecule has 37 heavy (non-hydrogen) atoms.